The first kappa shape index (κ1) is 12.6. The molecule has 3 rings (SSSR count). The lowest BCUT2D eigenvalue weighted by atomic mass is 10.1. The number of aromatic nitrogens is 3. The number of benzene rings is 2. The molecule has 0 radical (unpaired) electrons. The summed E-state index contributed by atoms with van der Waals surface area (Å²) in [7, 11) is 1.87. The molecule has 0 fully saturated rings. The number of fused-ring (bicyclic) bond motifs is 1. The third-order valence-corrected chi connectivity index (χ3v) is 3.27. The topological polar surface area (TPSA) is 42.7 Å². The molecule has 0 amide bonds. The lowest BCUT2D eigenvalue weighted by Gasteiger charge is -2.06. The number of hydrogen-bond donors (Lipinski definition) is 1. The zero-order valence-electron chi connectivity index (χ0n) is 11.2. The van der Waals surface area contributed by atoms with Gasteiger partial charge in [0, 0.05) is 19.3 Å². The van der Waals surface area contributed by atoms with Gasteiger partial charge in [-0.05, 0) is 42.3 Å². The van der Waals surface area contributed by atoms with Gasteiger partial charge in [0.1, 0.15) is 11.3 Å². The van der Waals surface area contributed by atoms with E-state index in [1.807, 2.05) is 37.4 Å². The molecule has 1 heterocycles. The summed E-state index contributed by atoms with van der Waals surface area (Å²) in [6, 6.07) is 12.6. The normalized spacial score (nSPS) is 10.9. The van der Waals surface area contributed by atoms with Crippen molar-refractivity contribution < 1.29 is 4.39 Å². The van der Waals surface area contributed by atoms with Gasteiger partial charge in [0.25, 0.3) is 0 Å². The quantitative estimate of drug-likeness (QED) is 0.792. The highest BCUT2D eigenvalue weighted by Crippen LogP contribution is 2.16. The number of rotatable bonds is 4. The van der Waals surface area contributed by atoms with Crippen LogP contribution in [0.25, 0.3) is 11.0 Å². The van der Waals surface area contributed by atoms with Crippen LogP contribution >= 0.6 is 0 Å². The van der Waals surface area contributed by atoms with Crippen LogP contribution in [0, 0.1) is 5.82 Å². The van der Waals surface area contributed by atoms with Crippen molar-refractivity contribution in [2.24, 2.45) is 7.05 Å². The Hall–Kier alpha value is -2.43. The molecule has 1 aromatic heterocycles. The molecule has 0 saturated carbocycles. The van der Waals surface area contributed by atoms with Crippen molar-refractivity contribution in [1.82, 2.24) is 15.0 Å². The maximum atomic E-state index is 12.8. The van der Waals surface area contributed by atoms with Crippen molar-refractivity contribution in [1.29, 1.82) is 0 Å². The summed E-state index contributed by atoms with van der Waals surface area (Å²) in [5.41, 5.74) is 4.01. The van der Waals surface area contributed by atoms with E-state index < -0.39 is 0 Å². The molecule has 2 aromatic carbocycles. The Balaban J connectivity index is 1.63. The van der Waals surface area contributed by atoms with Gasteiger partial charge in [-0.25, -0.2) is 9.07 Å². The molecular weight excluding hydrogens is 255 g/mol. The first-order valence-corrected chi connectivity index (χ1v) is 6.50. The Bertz CT molecular complexity index is 718. The summed E-state index contributed by atoms with van der Waals surface area (Å²) < 4.78 is 14.5. The highest BCUT2D eigenvalue weighted by atomic mass is 19.1. The average molecular weight is 270 g/mol. The molecule has 0 atom stereocenters. The van der Waals surface area contributed by atoms with E-state index in [1.54, 1.807) is 4.68 Å². The van der Waals surface area contributed by atoms with E-state index in [1.165, 1.54) is 12.1 Å². The molecular formula is C15H15FN4. The van der Waals surface area contributed by atoms with Crippen molar-refractivity contribution in [3.63, 3.8) is 0 Å². The molecule has 0 aliphatic heterocycles. The Labute approximate surface area is 116 Å². The number of nitrogens with one attached hydrogen (secondary N) is 1. The number of hydrogen-bond acceptors (Lipinski definition) is 3. The second-order valence-corrected chi connectivity index (χ2v) is 4.72. The van der Waals surface area contributed by atoms with Crippen molar-refractivity contribution in [3.8, 4) is 0 Å². The van der Waals surface area contributed by atoms with E-state index in [4.69, 9.17) is 0 Å². The van der Waals surface area contributed by atoms with E-state index in [0.29, 0.717) is 0 Å². The van der Waals surface area contributed by atoms with Gasteiger partial charge >= 0.3 is 0 Å². The summed E-state index contributed by atoms with van der Waals surface area (Å²) >= 11 is 0. The maximum absolute atomic E-state index is 12.8. The monoisotopic (exact) mass is 270 g/mol. The van der Waals surface area contributed by atoms with E-state index in [0.717, 1.165) is 35.2 Å². The SMILES string of the molecule is Cn1nnc2cc(NCCc3ccc(F)cc3)ccc21. The Morgan fingerprint density at radius 2 is 1.95 bits per heavy atom. The minimum Gasteiger partial charge on any atom is -0.385 e. The van der Waals surface area contributed by atoms with Gasteiger partial charge in [0.15, 0.2) is 0 Å². The number of aryl methyl sites for hydroxylation is 1. The summed E-state index contributed by atoms with van der Waals surface area (Å²) in [6.45, 7) is 0.789. The van der Waals surface area contributed by atoms with Gasteiger partial charge in [-0.15, -0.1) is 5.10 Å². The number of anilines is 1. The van der Waals surface area contributed by atoms with Gasteiger partial charge in [-0.3, -0.25) is 0 Å². The third kappa shape index (κ3) is 2.61. The predicted molar refractivity (Wildman–Crippen MR) is 77.1 cm³/mol. The molecule has 0 saturated heterocycles. The van der Waals surface area contributed by atoms with Crippen LogP contribution in [0.5, 0.6) is 0 Å². The average Bonchev–Trinajstić information content (AvgIpc) is 2.82. The summed E-state index contributed by atoms with van der Waals surface area (Å²) in [4.78, 5) is 0. The zero-order valence-corrected chi connectivity index (χ0v) is 11.2. The van der Waals surface area contributed by atoms with Gasteiger partial charge in [-0.2, -0.15) is 0 Å². The van der Waals surface area contributed by atoms with Crippen LogP contribution < -0.4 is 5.32 Å². The van der Waals surface area contributed by atoms with E-state index in [-0.39, 0.29) is 5.82 Å². The highest BCUT2D eigenvalue weighted by molar-refractivity contribution is 5.78. The first-order valence-electron chi connectivity index (χ1n) is 6.50. The molecule has 4 nitrogen and oxygen atoms in total. The predicted octanol–water partition coefficient (Wildman–Crippen LogP) is 2.76. The Morgan fingerprint density at radius 3 is 2.75 bits per heavy atom. The Morgan fingerprint density at radius 1 is 1.15 bits per heavy atom. The number of halogens is 1. The van der Waals surface area contributed by atoms with Crippen molar-refractivity contribution in [2.75, 3.05) is 11.9 Å². The molecule has 0 aliphatic carbocycles. The van der Waals surface area contributed by atoms with E-state index >= 15 is 0 Å². The standard InChI is InChI=1S/C15H15FN4/c1-20-15-7-6-13(10-14(15)18-19-20)17-9-8-11-2-4-12(16)5-3-11/h2-7,10,17H,8-9H2,1H3. The fraction of sp³-hybridized carbons (Fsp3) is 0.200. The molecule has 1 N–H and O–H groups in total. The third-order valence-electron chi connectivity index (χ3n) is 3.27. The van der Waals surface area contributed by atoms with Crippen LogP contribution in [0.1, 0.15) is 5.56 Å². The van der Waals surface area contributed by atoms with Crippen LogP contribution in [0.15, 0.2) is 42.5 Å². The van der Waals surface area contributed by atoms with Crippen LogP contribution in [0.3, 0.4) is 0 Å². The van der Waals surface area contributed by atoms with Crippen molar-refractivity contribution in [2.45, 2.75) is 6.42 Å². The van der Waals surface area contributed by atoms with Crippen LogP contribution in [0.4, 0.5) is 10.1 Å². The largest absolute Gasteiger partial charge is 0.385 e. The van der Waals surface area contributed by atoms with E-state index in [9.17, 15) is 4.39 Å². The van der Waals surface area contributed by atoms with Crippen molar-refractivity contribution >= 4 is 16.7 Å². The van der Waals surface area contributed by atoms with E-state index in [2.05, 4.69) is 15.6 Å². The molecule has 5 heteroatoms. The summed E-state index contributed by atoms with van der Waals surface area (Å²) in [6.07, 6.45) is 0.846. The highest BCUT2D eigenvalue weighted by Gasteiger charge is 2.02. The lowest BCUT2D eigenvalue weighted by molar-refractivity contribution is 0.627. The summed E-state index contributed by atoms with van der Waals surface area (Å²) in [5.74, 6) is -0.199. The molecule has 0 unspecified atom stereocenters. The molecule has 0 aliphatic rings. The molecule has 3 aromatic rings. The minimum absolute atomic E-state index is 0.199. The van der Waals surface area contributed by atoms with Gasteiger partial charge in [0.2, 0.25) is 0 Å². The van der Waals surface area contributed by atoms with Gasteiger partial charge in [0.05, 0.1) is 5.52 Å². The molecule has 102 valence electrons. The smallest absolute Gasteiger partial charge is 0.123 e. The second kappa shape index (κ2) is 5.28. The first-order chi connectivity index (χ1) is 9.72. The maximum Gasteiger partial charge on any atom is 0.123 e. The fourth-order valence-corrected chi connectivity index (χ4v) is 2.15. The lowest BCUT2D eigenvalue weighted by Crippen LogP contribution is -2.04. The van der Waals surface area contributed by atoms with Gasteiger partial charge < -0.3 is 5.32 Å². The fourth-order valence-electron chi connectivity index (χ4n) is 2.15. The zero-order chi connectivity index (χ0) is 13.9. The Kier molecular flexibility index (Phi) is 3.33. The summed E-state index contributed by atoms with van der Waals surface area (Å²) in [5, 5.41) is 11.4. The molecule has 0 spiro atoms. The molecule has 0 bridgehead atoms. The van der Waals surface area contributed by atoms with Crippen molar-refractivity contribution in [3.05, 3.63) is 53.8 Å². The van der Waals surface area contributed by atoms with Crippen LogP contribution in [-0.2, 0) is 13.5 Å². The van der Waals surface area contributed by atoms with Gasteiger partial charge in [-0.1, -0.05) is 17.3 Å². The second-order valence-electron chi connectivity index (χ2n) is 4.72. The number of nitrogens with zero attached hydrogens (tertiary/aromatic N) is 3. The molecule has 20 heavy (non-hydrogen) atoms. The minimum atomic E-state index is -0.199. The van der Waals surface area contributed by atoms with Crippen LogP contribution in [-0.4, -0.2) is 21.5 Å². The van der Waals surface area contributed by atoms with Crippen LogP contribution in [0.2, 0.25) is 0 Å².